The first-order chi connectivity index (χ1) is 16.2. The number of carbonyl (C=O) groups excluding carboxylic acids is 1. The Labute approximate surface area is 200 Å². The molecular formula is C26H46N6O. The van der Waals surface area contributed by atoms with Crippen molar-refractivity contribution >= 4 is 5.91 Å². The number of nitrogens with zero attached hydrogens (tertiary/aromatic N) is 1. The molecule has 0 aromatic rings. The predicted octanol–water partition coefficient (Wildman–Crippen LogP) is 1.87. The monoisotopic (exact) mass is 458 g/mol. The van der Waals surface area contributed by atoms with Gasteiger partial charge in [-0.2, -0.15) is 0 Å². The maximum Gasteiger partial charge on any atom is 0.243 e. The number of amides is 1. The number of hydrazine groups is 1. The van der Waals surface area contributed by atoms with Crippen LogP contribution in [0, 0.1) is 17.8 Å². The fourth-order valence-electron chi connectivity index (χ4n) is 7.42. The third-order valence-corrected chi connectivity index (χ3v) is 9.15. The fraction of sp³-hybridized carbons (Fsp3) is 0.885. The molecule has 33 heavy (non-hydrogen) atoms. The molecule has 7 unspecified atom stereocenters. The van der Waals surface area contributed by atoms with Crippen LogP contribution in [-0.4, -0.2) is 67.4 Å². The van der Waals surface area contributed by atoms with E-state index in [0.717, 1.165) is 31.2 Å². The summed E-state index contributed by atoms with van der Waals surface area (Å²) in [7, 11) is 0. The van der Waals surface area contributed by atoms with Crippen molar-refractivity contribution in [3.63, 3.8) is 0 Å². The lowest BCUT2D eigenvalue weighted by molar-refractivity contribution is -0.117. The molecule has 0 aromatic heterocycles. The highest BCUT2D eigenvalue weighted by molar-refractivity contribution is 5.87. The lowest BCUT2D eigenvalue weighted by Crippen LogP contribution is -2.71. The molecule has 0 radical (unpaired) electrons. The van der Waals surface area contributed by atoms with Crippen molar-refractivity contribution in [2.75, 3.05) is 26.2 Å². The molecule has 2 aliphatic carbocycles. The zero-order chi connectivity index (χ0) is 22.6. The standard InChI is InChI=1S/C26H46N6O/c1-2-24(33)28-20-10-11-21-23(15-20)29-26(19-8-4-3-5-9-19)30-25(21)22-12-14-32(31-22)17-18-7-6-13-27-16-18/h2,18-23,25-27,29-31H,1,3-17H2,(H,28,33). The highest BCUT2D eigenvalue weighted by atomic mass is 16.1. The average Bonchev–Trinajstić information content (AvgIpc) is 3.32. The van der Waals surface area contributed by atoms with Gasteiger partial charge in [0.15, 0.2) is 0 Å². The minimum absolute atomic E-state index is 0.0296. The predicted molar refractivity (Wildman–Crippen MR) is 132 cm³/mol. The average molecular weight is 459 g/mol. The topological polar surface area (TPSA) is 80.5 Å². The van der Waals surface area contributed by atoms with Crippen LogP contribution in [0.15, 0.2) is 12.7 Å². The second kappa shape index (κ2) is 11.2. The molecule has 3 heterocycles. The number of carbonyl (C=O) groups is 1. The van der Waals surface area contributed by atoms with Gasteiger partial charge < -0.3 is 10.6 Å². The quantitative estimate of drug-likeness (QED) is 0.391. The van der Waals surface area contributed by atoms with Crippen LogP contribution in [0.4, 0.5) is 0 Å². The lowest BCUT2D eigenvalue weighted by atomic mass is 9.72. The molecule has 2 saturated carbocycles. The normalized spacial score (nSPS) is 40.8. The van der Waals surface area contributed by atoms with Crippen molar-refractivity contribution in [2.45, 2.75) is 101 Å². The summed E-state index contributed by atoms with van der Waals surface area (Å²) < 4.78 is 0. The maximum atomic E-state index is 11.9. The molecular weight excluding hydrogens is 412 g/mol. The molecule has 5 fully saturated rings. The van der Waals surface area contributed by atoms with Crippen LogP contribution in [0.1, 0.15) is 70.6 Å². The Hall–Kier alpha value is -0.990. The fourth-order valence-corrected chi connectivity index (χ4v) is 7.42. The van der Waals surface area contributed by atoms with Gasteiger partial charge in [0.25, 0.3) is 0 Å². The van der Waals surface area contributed by atoms with Gasteiger partial charge in [-0.25, -0.2) is 5.01 Å². The van der Waals surface area contributed by atoms with Gasteiger partial charge in [0.1, 0.15) is 0 Å². The molecule has 5 aliphatic rings. The van der Waals surface area contributed by atoms with Crippen molar-refractivity contribution in [2.24, 2.45) is 17.8 Å². The maximum absolute atomic E-state index is 11.9. The van der Waals surface area contributed by atoms with Crippen LogP contribution < -0.4 is 26.7 Å². The van der Waals surface area contributed by atoms with E-state index in [9.17, 15) is 4.79 Å². The van der Waals surface area contributed by atoms with Gasteiger partial charge in [-0.15, -0.1) is 0 Å². The molecule has 0 bridgehead atoms. The van der Waals surface area contributed by atoms with E-state index >= 15 is 0 Å². The Morgan fingerprint density at radius 1 is 1.00 bits per heavy atom. The van der Waals surface area contributed by atoms with Crippen LogP contribution in [0.2, 0.25) is 0 Å². The Bertz CT molecular complexity index is 661. The molecule has 1 amide bonds. The summed E-state index contributed by atoms with van der Waals surface area (Å²) in [5.41, 5.74) is 3.95. The van der Waals surface area contributed by atoms with Gasteiger partial charge in [-0.3, -0.25) is 20.9 Å². The van der Waals surface area contributed by atoms with E-state index in [4.69, 9.17) is 0 Å². The van der Waals surface area contributed by atoms with E-state index in [0.29, 0.717) is 30.2 Å². The highest BCUT2D eigenvalue weighted by Gasteiger charge is 2.46. The van der Waals surface area contributed by atoms with Crippen LogP contribution in [-0.2, 0) is 4.79 Å². The molecule has 186 valence electrons. The van der Waals surface area contributed by atoms with Gasteiger partial charge in [0, 0.05) is 37.3 Å². The van der Waals surface area contributed by atoms with Gasteiger partial charge in [0.2, 0.25) is 5.91 Å². The molecule has 7 atom stereocenters. The van der Waals surface area contributed by atoms with Crippen molar-refractivity contribution in [1.82, 2.24) is 31.7 Å². The summed E-state index contributed by atoms with van der Waals surface area (Å²) in [5, 5.41) is 17.5. The molecule has 3 aliphatic heterocycles. The van der Waals surface area contributed by atoms with Gasteiger partial charge in [0.05, 0.1) is 6.17 Å². The van der Waals surface area contributed by atoms with E-state index in [1.54, 1.807) is 0 Å². The van der Waals surface area contributed by atoms with E-state index in [2.05, 4.69) is 38.3 Å². The van der Waals surface area contributed by atoms with Crippen molar-refractivity contribution in [3.8, 4) is 0 Å². The van der Waals surface area contributed by atoms with Gasteiger partial charge in [-0.05, 0) is 88.3 Å². The summed E-state index contributed by atoms with van der Waals surface area (Å²) in [6.45, 7) is 8.33. The summed E-state index contributed by atoms with van der Waals surface area (Å²) in [6.07, 6.45) is 15.8. The Morgan fingerprint density at radius 3 is 2.67 bits per heavy atom. The Kier molecular flexibility index (Phi) is 8.03. The minimum atomic E-state index is -0.0296. The largest absolute Gasteiger partial charge is 0.350 e. The molecule has 5 N–H and O–H groups in total. The molecule has 0 spiro atoms. The SMILES string of the molecule is C=CC(=O)NC1CCC2C(C1)NC(C1CCCCC1)NC2C1CCN(CC2CCCNC2)N1. The van der Waals surface area contributed by atoms with Gasteiger partial charge >= 0.3 is 0 Å². The summed E-state index contributed by atoms with van der Waals surface area (Å²) in [5.74, 6) is 2.10. The number of fused-ring (bicyclic) bond motifs is 1. The zero-order valence-corrected chi connectivity index (χ0v) is 20.4. The van der Waals surface area contributed by atoms with Crippen molar-refractivity contribution < 1.29 is 4.79 Å². The van der Waals surface area contributed by atoms with Crippen LogP contribution in [0.25, 0.3) is 0 Å². The summed E-state index contributed by atoms with van der Waals surface area (Å²) in [4.78, 5) is 11.9. The second-order valence-electron chi connectivity index (χ2n) is 11.4. The third-order valence-electron chi connectivity index (χ3n) is 9.15. The number of rotatable bonds is 6. The highest BCUT2D eigenvalue weighted by Crippen LogP contribution is 2.36. The number of nitrogens with one attached hydrogen (secondary N) is 5. The molecule has 5 rings (SSSR count). The van der Waals surface area contributed by atoms with E-state index in [1.165, 1.54) is 83.5 Å². The first-order valence-electron chi connectivity index (χ1n) is 13.9. The number of hydrogen-bond donors (Lipinski definition) is 5. The molecule has 7 nitrogen and oxygen atoms in total. The molecule has 7 heteroatoms. The first-order valence-corrected chi connectivity index (χ1v) is 13.9. The summed E-state index contributed by atoms with van der Waals surface area (Å²) in [6, 6.07) is 1.77. The number of piperidine rings is 1. The van der Waals surface area contributed by atoms with Crippen LogP contribution >= 0.6 is 0 Å². The van der Waals surface area contributed by atoms with Crippen LogP contribution in [0.3, 0.4) is 0 Å². The zero-order valence-electron chi connectivity index (χ0n) is 20.4. The Morgan fingerprint density at radius 2 is 1.88 bits per heavy atom. The second-order valence-corrected chi connectivity index (χ2v) is 11.4. The Balaban J connectivity index is 1.24. The van der Waals surface area contributed by atoms with Crippen molar-refractivity contribution in [1.29, 1.82) is 0 Å². The molecule has 3 saturated heterocycles. The summed E-state index contributed by atoms with van der Waals surface area (Å²) >= 11 is 0. The van der Waals surface area contributed by atoms with Crippen molar-refractivity contribution in [3.05, 3.63) is 12.7 Å². The van der Waals surface area contributed by atoms with E-state index in [1.807, 2.05) is 0 Å². The first kappa shape index (κ1) is 23.7. The van der Waals surface area contributed by atoms with Crippen LogP contribution in [0.5, 0.6) is 0 Å². The van der Waals surface area contributed by atoms with Gasteiger partial charge in [-0.1, -0.05) is 25.8 Å². The smallest absolute Gasteiger partial charge is 0.243 e. The molecule has 0 aromatic carbocycles. The van der Waals surface area contributed by atoms with E-state index in [-0.39, 0.29) is 11.9 Å². The lowest BCUT2D eigenvalue weighted by Gasteiger charge is -2.52. The number of hydrogen-bond acceptors (Lipinski definition) is 6. The minimum Gasteiger partial charge on any atom is -0.350 e. The van der Waals surface area contributed by atoms with E-state index < -0.39 is 0 Å². The third kappa shape index (κ3) is 5.81.